The van der Waals surface area contributed by atoms with E-state index in [0.717, 1.165) is 12.5 Å². The Labute approximate surface area is 160 Å². The number of thioether (sulfide) groups is 1. The summed E-state index contributed by atoms with van der Waals surface area (Å²) in [7, 11) is 1.77. The number of aliphatic imine (C=N–C) groups is 1. The van der Waals surface area contributed by atoms with Crippen molar-refractivity contribution in [3.8, 4) is 0 Å². The fraction of sp³-hybridized carbons (Fsp3) is 0.800. The molecule has 2 rings (SSSR count). The summed E-state index contributed by atoms with van der Waals surface area (Å²) in [6, 6.07) is 0. The number of halogens is 1. The maximum atomic E-state index is 5.29. The number of aromatic nitrogens is 2. The summed E-state index contributed by atoms with van der Waals surface area (Å²) in [4.78, 5) is 8.66. The van der Waals surface area contributed by atoms with E-state index in [-0.39, 0.29) is 29.4 Å². The van der Waals surface area contributed by atoms with Gasteiger partial charge in [0.2, 0.25) is 5.89 Å². The highest BCUT2D eigenvalue weighted by atomic mass is 127. The van der Waals surface area contributed by atoms with Gasteiger partial charge in [0.25, 0.3) is 0 Å². The van der Waals surface area contributed by atoms with Crippen molar-refractivity contribution in [3.63, 3.8) is 0 Å². The molecule has 0 spiro atoms. The van der Waals surface area contributed by atoms with Gasteiger partial charge in [-0.05, 0) is 25.5 Å². The molecule has 0 aliphatic carbocycles. The van der Waals surface area contributed by atoms with Crippen LogP contribution in [0.4, 0.5) is 0 Å². The summed E-state index contributed by atoms with van der Waals surface area (Å²) >= 11 is 2.03. The molecule has 2 heterocycles. The van der Waals surface area contributed by atoms with Crippen LogP contribution < -0.4 is 10.6 Å². The lowest BCUT2D eigenvalue weighted by Gasteiger charge is -2.24. The quantitative estimate of drug-likeness (QED) is 0.415. The van der Waals surface area contributed by atoms with E-state index in [9.17, 15) is 0 Å². The lowest BCUT2D eigenvalue weighted by molar-refractivity contribution is 0.318. The first-order valence-electron chi connectivity index (χ1n) is 7.74. The zero-order chi connectivity index (χ0) is 16.2. The van der Waals surface area contributed by atoms with Crippen LogP contribution in [0.5, 0.6) is 0 Å². The van der Waals surface area contributed by atoms with Crippen molar-refractivity contribution < 1.29 is 4.52 Å². The Morgan fingerprint density at radius 2 is 2.13 bits per heavy atom. The molecule has 0 bridgehead atoms. The van der Waals surface area contributed by atoms with Crippen LogP contribution in [0.25, 0.3) is 0 Å². The molecule has 0 saturated carbocycles. The summed E-state index contributed by atoms with van der Waals surface area (Å²) in [5, 5.41) is 10.6. The highest BCUT2D eigenvalue weighted by molar-refractivity contribution is 14.0. The SMILES string of the molecule is CN=C(NCc1noc(C(C)(C)C)n1)NCC1(C)CCCS1.I. The minimum atomic E-state index is -0.126. The van der Waals surface area contributed by atoms with Gasteiger partial charge in [-0.25, -0.2) is 0 Å². The predicted molar refractivity (Wildman–Crippen MR) is 107 cm³/mol. The largest absolute Gasteiger partial charge is 0.355 e. The molecule has 1 atom stereocenters. The van der Waals surface area contributed by atoms with Crippen LogP contribution in [0.2, 0.25) is 0 Å². The first kappa shape index (κ1) is 20.5. The molecule has 23 heavy (non-hydrogen) atoms. The number of rotatable bonds is 4. The summed E-state index contributed by atoms with van der Waals surface area (Å²) in [5.41, 5.74) is -0.126. The van der Waals surface area contributed by atoms with Crippen molar-refractivity contribution in [2.75, 3.05) is 19.3 Å². The Hall–Kier alpha value is -0.510. The first-order chi connectivity index (χ1) is 10.3. The molecule has 0 aromatic carbocycles. The topological polar surface area (TPSA) is 75.3 Å². The van der Waals surface area contributed by atoms with Gasteiger partial charge in [-0.1, -0.05) is 25.9 Å². The number of nitrogens with zero attached hydrogens (tertiary/aromatic N) is 3. The van der Waals surface area contributed by atoms with E-state index in [1.165, 1.54) is 18.6 Å². The molecule has 1 unspecified atom stereocenters. The number of hydrogen-bond donors (Lipinski definition) is 2. The van der Waals surface area contributed by atoms with Gasteiger partial charge in [0, 0.05) is 23.8 Å². The monoisotopic (exact) mass is 453 g/mol. The molecule has 1 fully saturated rings. The molecule has 1 aliphatic rings. The van der Waals surface area contributed by atoms with Crippen LogP contribution in [0.15, 0.2) is 9.52 Å². The van der Waals surface area contributed by atoms with Gasteiger partial charge >= 0.3 is 0 Å². The fourth-order valence-corrected chi connectivity index (χ4v) is 3.51. The van der Waals surface area contributed by atoms with Crippen LogP contribution in [0.3, 0.4) is 0 Å². The summed E-state index contributed by atoms with van der Waals surface area (Å²) in [5.74, 6) is 3.33. The molecule has 1 aromatic rings. The van der Waals surface area contributed by atoms with E-state index >= 15 is 0 Å². The predicted octanol–water partition coefficient (Wildman–Crippen LogP) is 2.94. The minimum Gasteiger partial charge on any atom is -0.355 e. The summed E-state index contributed by atoms with van der Waals surface area (Å²) in [6.45, 7) is 9.88. The van der Waals surface area contributed by atoms with Gasteiger partial charge < -0.3 is 15.2 Å². The fourth-order valence-electron chi connectivity index (χ4n) is 2.26. The molecule has 1 aliphatic heterocycles. The van der Waals surface area contributed by atoms with Gasteiger partial charge in [-0.15, -0.1) is 24.0 Å². The maximum absolute atomic E-state index is 5.29. The summed E-state index contributed by atoms with van der Waals surface area (Å²) in [6.07, 6.45) is 2.55. The van der Waals surface area contributed by atoms with Crippen molar-refractivity contribution in [3.05, 3.63) is 11.7 Å². The van der Waals surface area contributed by atoms with Crippen molar-refractivity contribution in [1.29, 1.82) is 0 Å². The molecular weight excluding hydrogens is 425 g/mol. The highest BCUT2D eigenvalue weighted by Gasteiger charge is 2.29. The molecule has 8 heteroatoms. The Bertz CT molecular complexity index is 520. The van der Waals surface area contributed by atoms with E-state index in [0.29, 0.717) is 23.0 Å². The lowest BCUT2D eigenvalue weighted by atomic mass is 9.97. The van der Waals surface area contributed by atoms with E-state index in [1.807, 2.05) is 11.8 Å². The molecule has 1 aromatic heterocycles. The van der Waals surface area contributed by atoms with Crippen LogP contribution >= 0.6 is 35.7 Å². The Morgan fingerprint density at radius 1 is 1.39 bits per heavy atom. The molecular formula is C15H28IN5OS. The number of hydrogen-bond acceptors (Lipinski definition) is 5. The number of nitrogens with one attached hydrogen (secondary N) is 2. The molecule has 6 nitrogen and oxygen atoms in total. The first-order valence-corrected chi connectivity index (χ1v) is 8.72. The standard InChI is InChI=1S/C15H27N5OS.HI/c1-14(2,3)12-19-11(20-21-12)9-17-13(16-5)18-10-15(4)7-6-8-22-15;/h6-10H2,1-5H3,(H2,16,17,18);1H. The average molecular weight is 453 g/mol. The Kier molecular flexibility index (Phi) is 7.63. The molecule has 0 radical (unpaired) electrons. The van der Waals surface area contributed by atoms with Gasteiger partial charge in [-0.3, -0.25) is 4.99 Å². The third-order valence-electron chi connectivity index (χ3n) is 3.68. The van der Waals surface area contributed by atoms with Crippen LogP contribution in [0.1, 0.15) is 52.3 Å². The highest BCUT2D eigenvalue weighted by Crippen LogP contribution is 2.36. The van der Waals surface area contributed by atoms with E-state index in [2.05, 4.69) is 53.5 Å². The van der Waals surface area contributed by atoms with Crippen LogP contribution in [0, 0.1) is 0 Å². The Balaban J connectivity index is 0.00000264. The van der Waals surface area contributed by atoms with Crippen molar-refractivity contribution in [2.45, 2.75) is 57.2 Å². The Morgan fingerprint density at radius 3 is 2.65 bits per heavy atom. The van der Waals surface area contributed by atoms with E-state index in [1.54, 1.807) is 7.05 Å². The molecule has 2 N–H and O–H groups in total. The third kappa shape index (κ3) is 6.13. The second kappa shape index (κ2) is 8.55. The number of guanidine groups is 1. The second-order valence-corrected chi connectivity index (χ2v) is 8.63. The average Bonchev–Trinajstić information content (AvgIpc) is 3.08. The third-order valence-corrected chi connectivity index (χ3v) is 5.22. The van der Waals surface area contributed by atoms with Crippen LogP contribution in [-0.4, -0.2) is 40.2 Å². The van der Waals surface area contributed by atoms with E-state index in [4.69, 9.17) is 4.52 Å². The van der Waals surface area contributed by atoms with Gasteiger partial charge in [-0.2, -0.15) is 16.7 Å². The van der Waals surface area contributed by atoms with E-state index < -0.39 is 0 Å². The van der Waals surface area contributed by atoms with Crippen LogP contribution in [-0.2, 0) is 12.0 Å². The van der Waals surface area contributed by atoms with Crippen molar-refractivity contribution in [2.24, 2.45) is 4.99 Å². The molecule has 1 saturated heterocycles. The van der Waals surface area contributed by atoms with Crippen molar-refractivity contribution >= 4 is 41.7 Å². The second-order valence-electron chi connectivity index (χ2n) is 6.95. The zero-order valence-electron chi connectivity index (χ0n) is 14.6. The summed E-state index contributed by atoms with van der Waals surface area (Å²) < 4.78 is 5.60. The lowest BCUT2D eigenvalue weighted by Crippen LogP contribution is -2.43. The zero-order valence-corrected chi connectivity index (χ0v) is 17.7. The maximum Gasteiger partial charge on any atom is 0.232 e. The molecule has 132 valence electrons. The minimum absolute atomic E-state index is 0. The normalized spacial score (nSPS) is 21.9. The van der Waals surface area contributed by atoms with Gasteiger partial charge in [0.05, 0.1) is 6.54 Å². The van der Waals surface area contributed by atoms with Gasteiger partial charge in [0.1, 0.15) is 0 Å². The van der Waals surface area contributed by atoms with Gasteiger partial charge in [0.15, 0.2) is 11.8 Å². The smallest absolute Gasteiger partial charge is 0.232 e. The molecule has 0 amide bonds. The van der Waals surface area contributed by atoms with Crippen molar-refractivity contribution in [1.82, 2.24) is 20.8 Å².